The van der Waals surface area contributed by atoms with Crippen LogP contribution in [0.4, 0.5) is 0 Å². The van der Waals surface area contributed by atoms with Crippen molar-refractivity contribution in [3.05, 3.63) is 29.3 Å². The first-order chi connectivity index (χ1) is 8.74. The molecule has 0 aromatic heterocycles. The molecule has 1 aromatic rings. The molecule has 106 valence electrons. The maximum absolute atomic E-state index is 10.9. The second-order valence-corrected chi connectivity index (χ2v) is 6.64. The third-order valence-corrected chi connectivity index (χ3v) is 3.93. The highest BCUT2D eigenvalue weighted by molar-refractivity contribution is 7.85. The van der Waals surface area contributed by atoms with E-state index >= 15 is 0 Å². The standard InChI is InChI=1S/C13H18O5S/c1-4-17-12-13(2,3)10-7-9(8-19(14,15)16)5-6-11(10)18-12/h5-7,12H,4,8H2,1-3H3,(H,14,15,16). The molecule has 0 saturated heterocycles. The molecule has 19 heavy (non-hydrogen) atoms. The lowest BCUT2D eigenvalue weighted by molar-refractivity contribution is -0.0981. The molecule has 1 aromatic carbocycles. The Kier molecular flexibility index (Phi) is 3.59. The third kappa shape index (κ3) is 2.91. The fourth-order valence-electron chi connectivity index (χ4n) is 2.27. The van der Waals surface area contributed by atoms with Gasteiger partial charge in [-0.05, 0) is 32.4 Å². The normalized spacial score (nSPS) is 20.9. The van der Waals surface area contributed by atoms with E-state index in [1.54, 1.807) is 18.2 Å². The summed E-state index contributed by atoms with van der Waals surface area (Å²) >= 11 is 0. The van der Waals surface area contributed by atoms with Gasteiger partial charge in [-0.25, -0.2) is 0 Å². The first-order valence-corrected chi connectivity index (χ1v) is 7.72. The predicted molar refractivity (Wildman–Crippen MR) is 70.8 cm³/mol. The van der Waals surface area contributed by atoms with Crippen molar-refractivity contribution in [2.45, 2.75) is 38.2 Å². The van der Waals surface area contributed by atoms with Gasteiger partial charge < -0.3 is 9.47 Å². The molecule has 0 spiro atoms. The summed E-state index contributed by atoms with van der Waals surface area (Å²) in [5, 5.41) is 0. The number of hydrogen-bond donors (Lipinski definition) is 1. The van der Waals surface area contributed by atoms with Crippen molar-refractivity contribution in [2.75, 3.05) is 6.61 Å². The molecule has 0 radical (unpaired) electrons. The number of hydrogen-bond acceptors (Lipinski definition) is 4. The van der Waals surface area contributed by atoms with E-state index in [4.69, 9.17) is 14.0 Å². The van der Waals surface area contributed by atoms with Gasteiger partial charge in [0.15, 0.2) is 0 Å². The third-order valence-electron chi connectivity index (χ3n) is 3.23. The summed E-state index contributed by atoms with van der Waals surface area (Å²) < 4.78 is 42.0. The Bertz CT molecular complexity index is 577. The van der Waals surface area contributed by atoms with Gasteiger partial charge in [0.25, 0.3) is 10.1 Å². The molecular formula is C13H18O5S. The largest absolute Gasteiger partial charge is 0.464 e. The first-order valence-electron chi connectivity index (χ1n) is 6.11. The van der Waals surface area contributed by atoms with Crippen molar-refractivity contribution in [2.24, 2.45) is 0 Å². The van der Waals surface area contributed by atoms with Crippen LogP contribution in [0.15, 0.2) is 18.2 Å². The molecule has 5 nitrogen and oxygen atoms in total. The van der Waals surface area contributed by atoms with Gasteiger partial charge in [0.05, 0.1) is 5.41 Å². The smallest absolute Gasteiger partial charge is 0.269 e. The molecule has 1 aliphatic rings. The van der Waals surface area contributed by atoms with E-state index in [1.165, 1.54) is 0 Å². The molecular weight excluding hydrogens is 268 g/mol. The Morgan fingerprint density at radius 2 is 2.11 bits per heavy atom. The quantitative estimate of drug-likeness (QED) is 0.858. The maximum atomic E-state index is 10.9. The van der Waals surface area contributed by atoms with Crippen LogP contribution in [0.5, 0.6) is 5.75 Å². The summed E-state index contributed by atoms with van der Waals surface area (Å²) in [6.45, 7) is 6.40. The lowest BCUT2D eigenvalue weighted by atomic mass is 9.85. The maximum Gasteiger partial charge on any atom is 0.269 e. The Morgan fingerprint density at radius 1 is 1.42 bits per heavy atom. The van der Waals surface area contributed by atoms with Gasteiger partial charge in [-0.15, -0.1) is 0 Å². The zero-order valence-electron chi connectivity index (χ0n) is 11.2. The van der Waals surface area contributed by atoms with E-state index < -0.39 is 15.9 Å². The molecule has 0 bridgehead atoms. The van der Waals surface area contributed by atoms with Crippen LogP contribution < -0.4 is 4.74 Å². The van der Waals surface area contributed by atoms with Gasteiger partial charge in [-0.3, -0.25) is 4.55 Å². The van der Waals surface area contributed by atoms with Gasteiger partial charge in [0, 0.05) is 12.2 Å². The molecule has 1 unspecified atom stereocenters. The van der Waals surface area contributed by atoms with E-state index in [-0.39, 0.29) is 11.7 Å². The van der Waals surface area contributed by atoms with E-state index in [0.29, 0.717) is 17.9 Å². The number of rotatable bonds is 4. The number of benzene rings is 1. The first kappa shape index (κ1) is 14.3. The monoisotopic (exact) mass is 286 g/mol. The van der Waals surface area contributed by atoms with Crippen molar-refractivity contribution in [3.63, 3.8) is 0 Å². The zero-order chi connectivity index (χ0) is 14.3. The van der Waals surface area contributed by atoms with Crippen LogP contribution in [0.1, 0.15) is 31.9 Å². The van der Waals surface area contributed by atoms with Gasteiger partial charge in [-0.2, -0.15) is 8.42 Å². The molecule has 0 fully saturated rings. The van der Waals surface area contributed by atoms with E-state index in [1.807, 2.05) is 20.8 Å². The fraction of sp³-hybridized carbons (Fsp3) is 0.538. The summed E-state index contributed by atoms with van der Waals surface area (Å²) in [6, 6.07) is 5.11. The number of fused-ring (bicyclic) bond motifs is 1. The summed E-state index contributed by atoms with van der Waals surface area (Å²) in [7, 11) is -4.03. The van der Waals surface area contributed by atoms with Crippen molar-refractivity contribution in [3.8, 4) is 5.75 Å². The minimum absolute atomic E-state index is 0.361. The van der Waals surface area contributed by atoms with E-state index in [2.05, 4.69) is 0 Å². The topological polar surface area (TPSA) is 72.8 Å². The summed E-state index contributed by atoms with van der Waals surface area (Å²) in [6.07, 6.45) is -0.381. The number of ether oxygens (including phenoxy) is 2. The lowest BCUT2D eigenvalue weighted by Gasteiger charge is -2.25. The molecule has 6 heteroatoms. The molecule has 0 amide bonds. The Labute approximate surface area is 113 Å². The highest BCUT2D eigenvalue weighted by atomic mass is 32.2. The summed E-state index contributed by atoms with van der Waals surface area (Å²) in [5.41, 5.74) is 1.07. The molecule has 1 N–H and O–H groups in total. The fourth-order valence-corrected chi connectivity index (χ4v) is 2.87. The van der Waals surface area contributed by atoms with Crippen LogP contribution in [0, 0.1) is 0 Å². The average molecular weight is 286 g/mol. The van der Waals surface area contributed by atoms with Crippen LogP contribution >= 0.6 is 0 Å². The van der Waals surface area contributed by atoms with Gasteiger partial charge in [0.2, 0.25) is 6.29 Å². The Balaban J connectivity index is 2.35. The van der Waals surface area contributed by atoms with Crippen LogP contribution in [-0.2, 0) is 26.0 Å². The highest BCUT2D eigenvalue weighted by Gasteiger charge is 2.42. The second kappa shape index (κ2) is 4.77. The van der Waals surface area contributed by atoms with Gasteiger partial charge in [-0.1, -0.05) is 12.1 Å². The average Bonchev–Trinajstić information content (AvgIpc) is 2.50. The predicted octanol–water partition coefficient (Wildman–Crippen LogP) is 2.11. The van der Waals surface area contributed by atoms with Gasteiger partial charge in [0.1, 0.15) is 11.5 Å². The van der Waals surface area contributed by atoms with Crippen molar-refractivity contribution in [1.82, 2.24) is 0 Å². The summed E-state index contributed by atoms with van der Waals surface area (Å²) in [4.78, 5) is 0. The van der Waals surface area contributed by atoms with Crippen LogP contribution in [0.2, 0.25) is 0 Å². The lowest BCUT2D eigenvalue weighted by Crippen LogP contribution is -2.34. The Hall–Kier alpha value is -1.11. The van der Waals surface area contributed by atoms with E-state index in [0.717, 1.165) is 5.56 Å². The van der Waals surface area contributed by atoms with Crippen molar-refractivity contribution in [1.29, 1.82) is 0 Å². The molecule has 0 saturated carbocycles. The van der Waals surface area contributed by atoms with Gasteiger partial charge >= 0.3 is 0 Å². The highest BCUT2D eigenvalue weighted by Crippen LogP contribution is 2.43. The second-order valence-electron chi connectivity index (χ2n) is 5.18. The summed E-state index contributed by atoms with van der Waals surface area (Å²) in [5.74, 6) is 0.304. The zero-order valence-corrected chi connectivity index (χ0v) is 12.0. The van der Waals surface area contributed by atoms with E-state index in [9.17, 15) is 8.42 Å². The molecule has 2 rings (SSSR count). The van der Waals surface area contributed by atoms with Crippen molar-refractivity contribution < 1.29 is 22.4 Å². The minimum atomic E-state index is -4.03. The van der Waals surface area contributed by atoms with Crippen LogP contribution in [0.3, 0.4) is 0 Å². The molecule has 1 aliphatic heterocycles. The molecule has 1 atom stereocenters. The SMILES string of the molecule is CCOC1Oc2ccc(CS(=O)(=O)O)cc2C1(C)C. The minimum Gasteiger partial charge on any atom is -0.464 e. The Morgan fingerprint density at radius 3 is 2.68 bits per heavy atom. The molecule has 0 aliphatic carbocycles. The van der Waals surface area contributed by atoms with Crippen molar-refractivity contribution >= 4 is 10.1 Å². The van der Waals surface area contributed by atoms with Crippen LogP contribution in [0.25, 0.3) is 0 Å². The molecule has 1 heterocycles. The van der Waals surface area contributed by atoms with Crippen LogP contribution in [-0.4, -0.2) is 25.9 Å².